The van der Waals surface area contributed by atoms with Crippen molar-refractivity contribution in [2.75, 3.05) is 60.6 Å². The van der Waals surface area contributed by atoms with Crippen LogP contribution in [0, 0.1) is 5.82 Å². The molecule has 2 aromatic heterocycles. The number of benzene rings is 1. The fourth-order valence-corrected chi connectivity index (χ4v) is 4.64. The first-order valence-corrected chi connectivity index (χ1v) is 11.9. The molecule has 0 radical (unpaired) electrons. The van der Waals surface area contributed by atoms with E-state index in [4.69, 9.17) is 37.9 Å². The maximum absolute atomic E-state index is 14.2. The van der Waals surface area contributed by atoms with Crippen LogP contribution < -0.4 is 14.7 Å². The van der Waals surface area contributed by atoms with E-state index < -0.39 is 5.82 Å². The summed E-state index contributed by atoms with van der Waals surface area (Å²) < 4.78 is 19.7. The van der Waals surface area contributed by atoms with Gasteiger partial charge < -0.3 is 19.4 Å². The van der Waals surface area contributed by atoms with Crippen LogP contribution in [0.4, 0.5) is 22.0 Å². The number of anilines is 3. The first kappa shape index (κ1) is 23.0. The van der Waals surface area contributed by atoms with Crippen LogP contribution in [0.1, 0.15) is 6.92 Å². The van der Waals surface area contributed by atoms with Crippen molar-refractivity contribution in [2.24, 2.45) is 0 Å². The van der Waals surface area contributed by atoms with E-state index in [1.165, 1.54) is 6.07 Å². The predicted molar refractivity (Wildman–Crippen MR) is 132 cm³/mol. The minimum Gasteiger partial charge on any atom is -0.378 e. The number of morpholine rings is 1. The summed E-state index contributed by atoms with van der Waals surface area (Å²) in [5.41, 5.74) is 1.30. The third-order valence-electron chi connectivity index (χ3n) is 6.07. The average Bonchev–Trinajstić information content (AvgIpc) is 2.86. The van der Waals surface area contributed by atoms with Crippen LogP contribution in [0.5, 0.6) is 0 Å². The molecule has 1 aromatic carbocycles. The zero-order valence-corrected chi connectivity index (χ0v) is 20.2. The highest BCUT2D eigenvalue weighted by molar-refractivity contribution is 6.31. The van der Waals surface area contributed by atoms with Crippen molar-refractivity contribution in [3.05, 3.63) is 52.7 Å². The molecule has 0 amide bonds. The zero-order chi connectivity index (χ0) is 23.7. The van der Waals surface area contributed by atoms with Gasteiger partial charge in [-0.05, 0) is 19.1 Å². The third kappa shape index (κ3) is 4.73. The molecular formula is C23H24Cl2FN7O. The molecule has 1 unspecified atom stereocenters. The van der Waals surface area contributed by atoms with E-state index in [0.29, 0.717) is 74.1 Å². The van der Waals surface area contributed by atoms with Gasteiger partial charge in [-0.3, -0.25) is 0 Å². The lowest BCUT2D eigenvalue weighted by Gasteiger charge is -2.41. The van der Waals surface area contributed by atoms with E-state index in [2.05, 4.69) is 31.6 Å². The first-order valence-electron chi connectivity index (χ1n) is 11.1. The molecule has 8 nitrogen and oxygen atoms in total. The monoisotopic (exact) mass is 503 g/mol. The number of hydrogen-bond donors (Lipinski definition) is 0. The average molecular weight is 504 g/mol. The van der Waals surface area contributed by atoms with E-state index in [9.17, 15) is 4.39 Å². The van der Waals surface area contributed by atoms with Crippen molar-refractivity contribution in [2.45, 2.75) is 13.0 Å². The van der Waals surface area contributed by atoms with Gasteiger partial charge in [0, 0.05) is 62.8 Å². The van der Waals surface area contributed by atoms with Crippen molar-refractivity contribution in [1.29, 1.82) is 0 Å². The van der Waals surface area contributed by atoms with Gasteiger partial charge in [0.2, 0.25) is 5.95 Å². The smallest absolute Gasteiger partial charge is 0.228 e. The lowest BCUT2D eigenvalue weighted by molar-refractivity contribution is 0.122. The lowest BCUT2D eigenvalue weighted by Crippen LogP contribution is -2.53. The molecule has 2 fully saturated rings. The highest BCUT2D eigenvalue weighted by Gasteiger charge is 2.28. The first-order chi connectivity index (χ1) is 16.5. The quantitative estimate of drug-likeness (QED) is 0.530. The summed E-state index contributed by atoms with van der Waals surface area (Å²) in [6.07, 6.45) is 3.23. The Labute approximate surface area is 207 Å². The molecule has 11 heteroatoms. The van der Waals surface area contributed by atoms with Crippen LogP contribution in [0.25, 0.3) is 11.3 Å². The van der Waals surface area contributed by atoms with Crippen LogP contribution in [-0.2, 0) is 4.74 Å². The Morgan fingerprint density at radius 3 is 2.50 bits per heavy atom. The molecule has 34 heavy (non-hydrogen) atoms. The van der Waals surface area contributed by atoms with Crippen LogP contribution in [0.2, 0.25) is 10.2 Å². The SMILES string of the molecule is CC1CN(c2nccnc2Cl)CCN1c1cc(-c2ccc(Cl)c(F)c2)nc(N2CCOCC2)n1. The Kier molecular flexibility index (Phi) is 6.67. The topological polar surface area (TPSA) is 70.5 Å². The summed E-state index contributed by atoms with van der Waals surface area (Å²) in [6.45, 7) is 6.90. The number of piperazine rings is 1. The van der Waals surface area contributed by atoms with Gasteiger partial charge in [0.15, 0.2) is 11.0 Å². The molecule has 0 bridgehead atoms. The maximum Gasteiger partial charge on any atom is 0.228 e. The largest absolute Gasteiger partial charge is 0.378 e. The van der Waals surface area contributed by atoms with Crippen LogP contribution in [-0.4, -0.2) is 71.9 Å². The van der Waals surface area contributed by atoms with E-state index >= 15 is 0 Å². The van der Waals surface area contributed by atoms with Gasteiger partial charge in [-0.15, -0.1) is 0 Å². The van der Waals surface area contributed by atoms with Gasteiger partial charge >= 0.3 is 0 Å². The Balaban J connectivity index is 1.47. The van der Waals surface area contributed by atoms with E-state index in [1.54, 1.807) is 24.5 Å². The minimum absolute atomic E-state index is 0.0823. The van der Waals surface area contributed by atoms with Gasteiger partial charge in [0.1, 0.15) is 11.6 Å². The number of aromatic nitrogens is 4. The normalized spacial score (nSPS) is 18.9. The molecular weight excluding hydrogens is 480 g/mol. The summed E-state index contributed by atoms with van der Waals surface area (Å²) in [6, 6.07) is 6.77. The fraction of sp³-hybridized carbons (Fsp3) is 0.391. The molecule has 1 atom stereocenters. The van der Waals surface area contributed by atoms with Crippen molar-refractivity contribution in [3.8, 4) is 11.3 Å². The molecule has 5 rings (SSSR count). The molecule has 0 aliphatic carbocycles. The van der Waals surface area contributed by atoms with E-state index in [0.717, 1.165) is 5.82 Å². The van der Waals surface area contributed by atoms with Crippen LogP contribution >= 0.6 is 23.2 Å². The number of nitrogens with zero attached hydrogens (tertiary/aromatic N) is 7. The summed E-state index contributed by atoms with van der Waals surface area (Å²) >= 11 is 12.2. The summed E-state index contributed by atoms with van der Waals surface area (Å²) in [5.74, 6) is 1.61. The highest BCUT2D eigenvalue weighted by atomic mass is 35.5. The molecule has 0 spiro atoms. The summed E-state index contributed by atoms with van der Waals surface area (Å²) in [7, 11) is 0. The second-order valence-electron chi connectivity index (χ2n) is 8.30. The molecule has 4 heterocycles. The van der Waals surface area contributed by atoms with Crippen molar-refractivity contribution < 1.29 is 9.13 Å². The van der Waals surface area contributed by atoms with Crippen LogP contribution in [0.3, 0.4) is 0 Å². The Hall–Kier alpha value is -2.75. The molecule has 2 aliphatic heterocycles. The second kappa shape index (κ2) is 9.85. The maximum atomic E-state index is 14.2. The van der Waals surface area contributed by atoms with Gasteiger partial charge in [0.05, 0.1) is 23.9 Å². The molecule has 3 aromatic rings. The molecule has 0 N–H and O–H groups in total. The van der Waals surface area contributed by atoms with Gasteiger partial charge in [-0.25, -0.2) is 19.3 Å². The summed E-state index contributed by atoms with van der Waals surface area (Å²) in [5, 5.41) is 0.477. The van der Waals surface area contributed by atoms with Gasteiger partial charge in [-0.2, -0.15) is 4.98 Å². The molecule has 2 saturated heterocycles. The van der Waals surface area contributed by atoms with Crippen LogP contribution in [0.15, 0.2) is 36.7 Å². The van der Waals surface area contributed by atoms with Gasteiger partial charge in [-0.1, -0.05) is 29.3 Å². The zero-order valence-electron chi connectivity index (χ0n) is 18.7. The lowest BCUT2D eigenvalue weighted by atomic mass is 10.1. The Morgan fingerprint density at radius 1 is 0.971 bits per heavy atom. The summed E-state index contributed by atoms with van der Waals surface area (Å²) in [4.78, 5) is 24.7. The molecule has 0 saturated carbocycles. The minimum atomic E-state index is -0.477. The van der Waals surface area contributed by atoms with Crippen molar-refractivity contribution in [1.82, 2.24) is 19.9 Å². The number of rotatable bonds is 4. The second-order valence-corrected chi connectivity index (χ2v) is 9.06. The standard InChI is InChI=1S/C23H24Cl2FN7O/c1-15-14-32(22-21(25)27-4-5-28-22)6-7-33(15)20-13-19(16-2-3-17(24)18(26)12-16)29-23(30-20)31-8-10-34-11-9-31/h2-5,12-13,15H,6-11,14H2,1H3. The molecule has 2 aliphatic rings. The number of halogens is 3. The predicted octanol–water partition coefficient (Wildman–Crippen LogP) is 3.93. The Bertz CT molecular complexity index is 1180. The van der Waals surface area contributed by atoms with Gasteiger partial charge in [0.25, 0.3) is 0 Å². The third-order valence-corrected chi connectivity index (χ3v) is 6.64. The number of hydrogen-bond acceptors (Lipinski definition) is 8. The highest BCUT2D eigenvalue weighted by Crippen LogP contribution is 2.30. The fourth-order valence-electron chi connectivity index (χ4n) is 4.29. The van der Waals surface area contributed by atoms with E-state index in [1.807, 2.05) is 6.07 Å². The van der Waals surface area contributed by atoms with E-state index in [-0.39, 0.29) is 11.1 Å². The Morgan fingerprint density at radius 2 is 1.76 bits per heavy atom. The van der Waals surface area contributed by atoms with Crippen molar-refractivity contribution >= 4 is 40.8 Å². The van der Waals surface area contributed by atoms with Crippen molar-refractivity contribution in [3.63, 3.8) is 0 Å². The number of ether oxygens (including phenoxy) is 1. The molecule has 178 valence electrons.